The summed E-state index contributed by atoms with van der Waals surface area (Å²) >= 11 is 0. The summed E-state index contributed by atoms with van der Waals surface area (Å²) in [6.07, 6.45) is 11.1. The van der Waals surface area contributed by atoms with Gasteiger partial charge in [-0.25, -0.2) is 32.4 Å². The fourth-order valence-electron chi connectivity index (χ4n) is 13.8. The van der Waals surface area contributed by atoms with E-state index in [9.17, 15) is 12.8 Å². The molecule has 0 aromatic heterocycles. The van der Waals surface area contributed by atoms with Crippen LogP contribution in [0, 0.1) is 59.1 Å². The minimum absolute atomic E-state index is 0.0401. The van der Waals surface area contributed by atoms with Crippen LogP contribution in [0.5, 0.6) is 0 Å². The summed E-state index contributed by atoms with van der Waals surface area (Å²) in [7, 11) is -3.55. The minimum atomic E-state index is -3.55. The summed E-state index contributed by atoms with van der Waals surface area (Å²) < 4.78 is 56.6. The molecule has 0 unspecified atom stereocenters. The van der Waals surface area contributed by atoms with E-state index in [0.29, 0.717) is 42.1 Å². The average Bonchev–Trinajstić information content (AvgIpc) is 3.48. The Morgan fingerprint density at radius 3 is 1.62 bits per heavy atom. The molecule has 10 fully saturated rings. The molecule has 296 valence electrons. The maximum atomic E-state index is 14.1. The highest BCUT2D eigenvalue weighted by atomic mass is 32.2. The van der Waals surface area contributed by atoms with Gasteiger partial charge in [-0.3, -0.25) is 0 Å². The van der Waals surface area contributed by atoms with Crippen LogP contribution in [0.25, 0.3) is 0 Å². The van der Waals surface area contributed by atoms with Gasteiger partial charge in [-0.1, -0.05) is 39.8 Å². The predicted molar refractivity (Wildman–Crippen MR) is 197 cm³/mol. The molecular formula is C43H63FO8S. The second-order valence-corrected chi connectivity index (χ2v) is 22.1. The van der Waals surface area contributed by atoms with Crippen molar-refractivity contribution in [3.05, 3.63) is 35.6 Å². The van der Waals surface area contributed by atoms with Crippen LogP contribution >= 0.6 is 0 Å². The number of hydrogen-bond donors (Lipinski definition) is 0. The maximum Gasteiger partial charge on any atom is 0.154 e. The Balaban J connectivity index is 1.02. The van der Waals surface area contributed by atoms with E-state index in [2.05, 4.69) is 41.5 Å². The Hall–Kier alpha value is -1.14. The highest BCUT2D eigenvalue weighted by molar-refractivity contribution is 7.90. The van der Waals surface area contributed by atoms with Gasteiger partial charge in [0.05, 0.1) is 35.9 Å². The van der Waals surface area contributed by atoms with Gasteiger partial charge >= 0.3 is 0 Å². The summed E-state index contributed by atoms with van der Waals surface area (Å²) in [4.78, 5) is 25.7. The first-order valence-corrected chi connectivity index (χ1v) is 23.0. The molecule has 4 saturated carbocycles. The molecule has 0 radical (unpaired) electrons. The molecule has 2 spiro atoms. The Bertz CT molecular complexity index is 1560. The molecular weight excluding hydrogens is 696 g/mol. The van der Waals surface area contributed by atoms with Gasteiger partial charge in [-0.15, -0.1) is 0 Å². The van der Waals surface area contributed by atoms with Gasteiger partial charge in [0, 0.05) is 12.8 Å². The second-order valence-electron chi connectivity index (χ2n) is 20.0. The van der Waals surface area contributed by atoms with Crippen LogP contribution in [-0.4, -0.2) is 61.0 Å². The number of halogens is 1. The number of hydrogen-bond acceptors (Lipinski definition) is 8. The normalized spacial score (nSPS) is 50.8. The molecule has 10 aliphatic rings. The van der Waals surface area contributed by atoms with E-state index in [4.69, 9.17) is 29.0 Å². The van der Waals surface area contributed by atoms with Crippen molar-refractivity contribution in [3.8, 4) is 0 Å². The summed E-state index contributed by atoms with van der Waals surface area (Å²) in [6.45, 7) is 13.7. The third-order valence-electron chi connectivity index (χ3n) is 16.6. The summed E-state index contributed by atoms with van der Waals surface area (Å²) in [6, 6.07) is 5.88. The zero-order chi connectivity index (χ0) is 37.1. The number of rotatable bonds is 8. The third kappa shape index (κ3) is 6.12. The van der Waals surface area contributed by atoms with Crippen LogP contribution < -0.4 is 0 Å². The number of benzene rings is 1. The summed E-state index contributed by atoms with van der Waals surface area (Å²) in [5, 5.41) is 0. The number of sulfone groups is 1. The molecule has 8 nitrogen and oxygen atoms in total. The summed E-state index contributed by atoms with van der Waals surface area (Å²) in [5.74, 6) is 2.20. The lowest BCUT2D eigenvalue weighted by Gasteiger charge is -2.62. The molecule has 1 aromatic rings. The van der Waals surface area contributed by atoms with Crippen LogP contribution in [0.1, 0.15) is 124 Å². The van der Waals surface area contributed by atoms with Crippen LogP contribution in [0.2, 0.25) is 0 Å². The fraction of sp³-hybridized carbons (Fsp3) is 0.860. The van der Waals surface area contributed by atoms with Crippen LogP contribution in [0.4, 0.5) is 4.39 Å². The van der Waals surface area contributed by atoms with Gasteiger partial charge in [-0.05, 0) is 149 Å². The van der Waals surface area contributed by atoms with Crippen molar-refractivity contribution in [3.63, 3.8) is 0 Å². The molecule has 53 heavy (non-hydrogen) atoms. The number of fused-ring (bicyclic) bond motifs is 4. The van der Waals surface area contributed by atoms with Crippen molar-refractivity contribution in [1.29, 1.82) is 0 Å². The monoisotopic (exact) mass is 758 g/mol. The quantitative estimate of drug-likeness (QED) is 0.244. The van der Waals surface area contributed by atoms with Crippen LogP contribution in [-0.2, 0) is 44.6 Å². The zero-order valence-electron chi connectivity index (χ0n) is 32.8. The standard InChI is InChI=1S/C43H63FO8S/c1-25-7-13-34-27(3)36(47-38-21-40(5)17-15-32(25)42(34,38)51-49-40)19-30(24-53(45,46)23-29-9-11-31(44)12-10-29)20-37-28(4)35-14-8-26(2)33-16-18-41(6)22-39(48-37)43(33,35)52-50-41/h9-12,25-28,30,32-39H,7-8,13-24H2,1-6H3/t25-,26-,27-,28-,32+,33+,34+,35+,36-,37-,38-,39-,40+,41+,42-,43-/m1/s1. The Kier molecular flexibility index (Phi) is 9.33. The summed E-state index contributed by atoms with van der Waals surface area (Å²) in [5.41, 5.74) is -1.04. The first kappa shape index (κ1) is 37.4. The first-order chi connectivity index (χ1) is 25.1. The van der Waals surface area contributed by atoms with E-state index in [0.717, 1.165) is 51.4 Å². The lowest BCUT2D eigenvalue weighted by molar-refractivity contribution is -0.488. The van der Waals surface area contributed by atoms with Crippen molar-refractivity contribution in [2.45, 2.75) is 171 Å². The van der Waals surface area contributed by atoms with Crippen molar-refractivity contribution in [2.24, 2.45) is 53.3 Å². The van der Waals surface area contributed by atoms with E-state index in [-0.39, 0.29) is 82.5 Å². The van der Waals surface area contributed by atoms with Gasteiger partial charge < -0.3 is 9.47 Å². The largest absolute Gasteiger partial charge is 0.371 e. The van der Waals surface area contributed by atoms with Crippen LogP contribution in [0.15, 0.2) is 24.3 Å². The molecule has 4 bridgehead atoms. The van der Waals surface area contributed by atoms with E-state index >= 15 is 0 Å². The van der Waals surface area contributed by atoms with Gasteiger partial charge in [0.25, 0.3) is 0 Å². The second kappa shape index (κ2) is 13.2. The van der Waals surface area contributed by atoms with E-state index in [1.165, 1.54) is 25.0 Å². The molecule has 1 aromatic carbocycles. The zero-order valence-corrected chi connectivity index (χ0v) is 33.6. The molecule has 11 rings (SSSR count). The third-order valence-corrected chi connectivity index (χ3v) is 18.3. The predicted octanol–water partition coefficient (Wildman–Crippen LogP) is 8.55. The molecule has 0 N–H and O–H groups in total. The van der Waals surface area contributed by atoms with Gasteiger partial charge in [0.1, 0.15) is 28.2 Å². The highest BCUT2D eigenvalue weighted by Crippen LogP contribution is 2.64. The first-order valence-electron chi connectivity index (χ1n) is 21.1. The van der Waals surface area contributed by atoms with Crippen molar-refractivity contribution >= 4 is 9.84 Å². The molecule has 0 amide bonds. The molecule has 16 atom stereocenters. The van der Waals surface area contributed by atoms with Gasteiger partial charge in [-0.2, -0.15) is 0 Å². The van der Waals surface area contributed by atoms with E-state index < -0.39 is 21.0 Å². The average molecular weight is 759 g/mol. The molecule has 6 saturated heterocycles. The van der Waals surface area contributed by atoms with Gasteiger partial charge in [0.2, 0.25) is 0 Å². The van der Waals surface area contributed by atoms with E-state index in [1.54, 1.807) is 12.1 Å². The topological polar surface area (TPSA) is 89.5 Å². The highest BCUT2D eigenvalue weighted by Gasteiger charge is 2.70. The van der Waals surface area contributed by atoms with E-state index in [1.807, 2.05) is 0 Å². The lowest BCUT2D eigenvalue weighted by atomic mass is 9.55. The Labute approximate surface area is 316 Å². The molecule has 6 heterocycles. The van der Waals surface area contributed by atoms with Crippen LogP contribution in [0.3, 0.4) is 0 Å². The number of ether oxygens (including phenoxy) is 2. The van der Waals surface area contributed by atoms with Gasteiger partial charge in [0.15, 0.2) is 9.84 Å². The maximum absolute atomic E-state index is 14.1. The van der Waals surface area contributed by atoms with Crippen molar-refractivity contribution in [1.82, 2.24) is 0 Å². The molecule has 6 aliphatic heterocycles. The Morgan fingerprint density at radius 1 is 0.679 bits per heavy atom. The lowest BCUT2D eigenvalue weighted by Crippen LogP contribution is -2.69. The smallest absolute Gasteiger partial charge is 0.154 e. The van der Waals surface area contributed by atoms with Crippen molar-refractivity contribution in [2.75, 3.05) is 5.75 Å². The minimum Gasteiger partial charge on any atom is -0.371 e. The SMILES string of the molecule is C[C@H]1[C@@H](CC(C[C@H]2O[C@@H]3C[C@]4(C)CC[C@H]5[C@H](C)CC[C@@H]([C@H]2C)[C@@]35OO4)CS(=O)(=O)Cc2ccc(F)cc2)O[C@@H]2C[C@]3(C)CC[C@H]4[C@H](C)CC[C@@H]1[C@@]24OO3. The fourth-order valence-corrected chi connectivity index (χ4v) is 15.6. The molecule has 4 aliphatic carbocycles. The Morgan fingerprint density at radius 2 is 1.15 bits per heavy atom. The molecule has 10 heteroatoms. The van der Waals surface area contributed by atoms with Crippen molar-refractivity contribution < 1.29 is 41.8 Å².